The molecule has 0 aliphatic rings. The van der Waals surface area contributed by atoms with E-state index in [1.807, 2.05) is 0 Å². The Morgan fingerprint density at radius 1 is 2.00 bits per heavy atom. The summed E-state index contributed by atoms with van der Waals surface area (Å²) in [5, 5.41) is 0. The number of thioether (sulfide) groups is 1. The van der Waals surface area contributed by atoms with Crippen molar-refractivity contribution in [3.63, 3.8) is 0 Å². The lowest BCUT2D eigenvalue weighted by molar-refractivity contribution is 0.607. The van der Waals surface area contributed by atoms with Crippen LogP contribution in [0.5, 0.6) is 0 Å². The number of hydrogen-bond donors (Lipinski definition) is 0. The van der Waals surface area contributed by atoms with Crippen molar-refractivity contribution in [2.75, 3.05) is 6.01 Å². The first kappa shape index (κ1) is 4.28. The van der Waals surface area contributed by atoms with Gasteiger partial charge in [0.2, 0.25) is 0 Å². The lowest BCUT2D eigenvalue weighted by atomic mass is 11.8. The minimum Gasteiger partial charge on any atom is -0.239 e. The zero-order chi connectivity index (χ0) is 3.41. The van der Waals surface area contributed by atoms with Crippen LogP contribution in [0.4, 0.5) is 4.39 Å². The van der Waals surface area contributed by atoms with Crippen LogP contribution in [-0.4, -0.2) is 6.01 Å². The van der Waals surface area contributed by atoms with E-state index in [1.165, 1.54) is 0 Å². The Morgan fingerprint density at radius 3 is 2.25 bits per heavy atom. The lowest BCUT2D eigenvalue weighted by Gasteiger charge is -1.65. The molecular weight excluding hydrogens is 75.1 g/mol. The van der Waals surface area contributed by atoms with Crippen LogP contribution < -0.4 is 0 Å². The number of rotatable bonds is 1. The van der Waals surface area contributed by atoms with E-state index in [9.17, 15) is 4.39 Å². The third-order valence-corrected chi connectivity index (χ3v) is 0.231. The second kappa shape index (κ2) is 3.28. The van der Waals surface area contributed by atoms with Crippen LogP contribution in [0.15, 0.2) is 0 Å². The van der Waals surface area contributed by atoms with Gasteiger partial charge in [0.25, 0.3) is 0 Å². The third-order valence-electron chi connectivity index (χ3n) is 0.0772. The van der Waals surface area contributed by atoms with E-state index in [4.69, 9.17) is 0 Å². The van der Waals surface area contributed by atoms with Gasteiger partial charge >= 0.3 is 0 Å². The molecule has 0 saturated heterocycles. The molecule has 0 aromatic carbocycles. The van der Waals surface area contributed by atoms with E-state index in [0.717, 1.165) is 11.8 Å². The topological polar surface area (TPSA) is 0 Å². The average Bonchev–Trinajstić information content (AvgIpc) is 1.37. The molecular formula is C2H4FS. The minimum atomic E-state index is -0.375. The molecule has 0 aromatic rings. The van der Waals surface area contributed by atoms with Crippen LogP contribution >= 0.6 is 11.8 Å². The highest BCUT2D eigenvalue weighted by Crippen LogP contribution is 1.90. The molecule has 4 heavy (non-hydrogen) atoms. The van der Waals surface area contributed by atoms with Gasteiger partial charge in [-0.25, -0.2) is 4.39 Å². The molecule has 0 aliphatic carbocycles. The first-order valence-corrected chi connectivity index (χ1v) is 2.00. The highest BCUT2D eigenvalue weighted by atomic mass is 32.2. The summed E-state index contributed by atoms with van der Waals surface area (Å²) in [6.07, 6.45) is 3.15. The highest BCUT2D eigenvalue weighted by molar-refractivity contribution is 8.00. The van der Waals surface area contributed by atoms with E-state index in [1.54, 1.807) is 0 Å². The molecule has 0 atom stereocenters. The average molecular weight is 79.1 g/mol. The van der Waals surface area contributed by atoms with Crippen molar-refractivity contribution in [1.29, 1.82) is 0 Å². The second-order valence-electron chi connectivity index (χ2n) is 0.313. The first-order chi connectivity index (χ1) is 1.91. The fraction of sp³-hybridized carbons (Fsp3) is 0.500. The van der Waals surface area contributed by atoms with Crippen molar-refractivity contribution in [3.05, 3.63) is 6.26 Å². The molecule has 0 unspecified atom stereocenters. The van der Waals surface area contributed by atoms with Crippen molar-refractivity contribution in [1.82, 2.24) is 0 Å². The van der Waals surface area contributed by atoms with Gasteiger partial charge in [0.1, 0.15) is 6.01 Å². The van der Waals surface area contributed by atoms with Crippen molar-refractivity contribution in [2.45, 2.75) is 0 Å². The molecule has 0 amide bonds. The van der Waals surface area contributed by atoms with Gasteiger partial charge in [-0.1, -0.05) is 0 Å². The Balaban J connectivity index is 1.97. The molecule has 0 rings (SSSR count). The van der Waals surface area contributed by atoms with Gasteiger partial charge in [0.05, 0.1) is 0 Å². The van der Waals surface area contributed by atoms with Gasteiger partial charge in [0, 0.05) is 6.26 Å². The molecule has 0 nitrogen and oxygen atoms in total. The van der Waals surface area contributed by atoms with Crippen LogP contribution in [-0.2, 0) is 0 Å². The van der Waals surface area contributed by atoms with E-state index in [-0.39, 0.29) is 6.01 Å². The molecule has 1 radical (unpaired) electrons. The molecule has 0 fully saturated rings. The molecule has 0 heterocycles. The summed E-state index contributed by atoms with van der Waals surface area (Å²) in [6, 6.07) is -0.375. The zero-order valence-corrected chi connectivity index (χ0v) is 3.02. The predicted octanol–water partition coefficient (Wildman–Crippen LogP) is 1.44. The largest absolute Gasteiger partial charge is 0.239 e. The normalized spacial score (nSPS) is 7.50. The third kappa shape index (κ3) is 2.28. The summed E-state index contributed by atoms with van der Waals surface area (Å²) in [7, 11) is 0. The Labute approximate surface area is 29.4 Å². The maximum absolute atomic E-state index is 10.6. The van der Waals surface area contributed by atoms with E-state index >= 15 is 0 Å². The molecule has 0 aliphatic heterocycles. The fourth-order valence-corrected chi connectivity index (χ4v) is 0. The van der Waals surface area contributed by atoms with Crippen LogP contribution in [0.3, 0.4) is 0 Å². The SMILES string of the molecule is [CH2]SCF. The van der Waals surface area contributed by atoms with Gasteiger partial charge in [-0.15, -0.1) is 11.8 Å². The Bertz CT molecular complexity index is 8.00. The van der Waals surface area contributed by atoms with Crippen molar-refractivity contribution >= 4 is 11.8 Å². The van der Waals surface area contributed by atoms with Crippen LogP contribution in [0, 0.1) is 6.26 Å². The predicted molar refractivity (Wildman–Crippen MR) is 18.9 cm³/mol. The molecule has 0 aromatic heterocycles. The van der Waals surface area contributed by atoms with Gasteiger partial charge < -0.3 is 0 Å². The summed E-state index contributed by atoms with van der Waals surface area (Å²) < 4.78 is 10.6. The van der Waals surface area contributed by atoms with Crippen molar-refractivity contribution < 1.29 is 4.39 Å². The molecule has 0 spiro atoms. The van der Waals surface area contributed by atoms with E-state index < -0.39 is 0 Å². The van der Waals surface area contributed by atoms with Crippen LogP contribution in [0.25, 0.3) is 0 Å². The summed E-state index contributed by atoms with van der Waals surface area (Å²) in [5.41, 5.74) is 0. The van der Waals surface area contributed by atoms with Gasteiger partial charge in [0.15, 0.2) is 0 Å². The standard InChI is InChI=1S/C2H4FS/c1-4-2-3/h1-2H2. The summed E-state index contributed by atoms with van der Waals surface area (Å²) in [6.45, 7) is 0. The second-order valence-corrected chi connectivity index (χ2v) is 0.940. The maximum atomic E-state index is 10.6. The number of halogens is 1. The van der Waals surface area contributed by atoms with Gasteiger partial charge in [-0.05, 0) is 0 Å². The Hall–Kier alpha value is 0.280. The Morgan fingerprint density at radius 2 is 2.25 bits per heavy atom. The molecule has 25 valence electrons. The molecule has 0 saturated carbocycles. The quantitative estimate of drug-likeness (QED) is 0.458. The zero-order valence-electron chi connectivity index (χ0n) is 2.20. The summed E-state index contributed by atoms with van der Waals surface area (Å²) in [4.78, 5) is 0. The molecule has 0 N–H and O–H groups in total. The first-order valence-electron chi connectivity index (χ1n) is 0.845. The smallest absolute Gasteiger partial charge is 0.135 e. The van der Waals surface area contributed by atoms with E-state index in [0.29, 0.717) is 0 Å². The lowest BCUT2D eigenvalue weighted by Crippen LogP contribution is -1.44. The fourth-order valence-electron chi connectivity index (χ4n) is 0. The van der Waals surface area contributed by atoms with E-state index in [2.05, 4.69) is 6.26 Å². The minimum absolute atomic E-state index is 0.375. The monoisotopic (exact) mass is 79.0 g/mol. The van der Waals surface area contributed by atoms with Crippen LogP contribution in [0.1, 0.15) is 0 Å². The van der Waals surface area contributed by atoms with Gasteiger partial charge in [-0.2, -0.15) is 0 Å². The molecule has 2 heteroatoms. The van der Waals surface area contributed by atoms with Crippen LogP contribution in [0.2, 0.25) is 0 Å². The summed E-state index contributed by atoms with van der Waals surface area (Å²) in [5.74, 6) is 0. The van der Waals surface area contributed by atoms with Crippen molar-refractivity contribution in [3.8, 4) is 0 Å². The number of hydrogen-bond acceptors (Lipinski definition) is 1. The summed E-state index contributed by atoms with van der Waals surface area (Å²) >= 11 is 0.940. The Kier molecular flexibility index (Phi) is 3.51. The number of alkyl halides is 1. The maximum Gasteiger partial charge on any atom is 0.135 e. The highest BCUT2D eigenvalue weighted by Gasteiger charge is 1.60. The molecule has 0 bridgehead atoms. The van der Waals surface area contributed by atoms with Crippen molar-refractivity contribution in [2.24, 2.45) is 0 Å². The van der Waals surface area contributed by atoms with Gasteiger partial charge in [-0.3, -0.25) is 0 Å².